The van der Waals surface area contributed by atoms with Gasteiger partial charge in [-0.2, -0.15) is 0 Å². The molecule has 0 aliphatic rings. The second-order valence-corrected chi connectivity index (χ2v) is 5.03. The van der Waals surface area contributed by atoms with E-state index < -0.39 is 0 Å². The third-order valence-electron chi connectivity index (χ3n) is 3.27. The number of hydrogen-bond donors (Lipinski definition) is 1. The Bertz CT molecular complexity index is 525. The lowest BCUT2D eigenvalue weighted by Crippen LogP contribution is -2.10. The molecule has 0 aliphatic heterocycles. The Balaban J connectivity index is 2.21. The Kier molecular flexibility index (Phi) is 4.20. The summed E-state index contributed by atoms with van der Waals surface area (Å²) in [6, 6.07) is 13.7. The number of hydrogen-bond acceptors (Lipinski definition) is 1. The summed E-state index contributed by atoms with van der Waals surface area (Å²) in [4.78, 5) is 0. The first kappa shape index (κ1) is 13.6. The highest BCUT2D eigenvalue weighted by Crippen LogP contribution is 2.24. The van der Waals surface area contributed by atoms with E-state index in [0.29, 0.717) is 0 Å². The summed E-state index contributed by atoms with van der Waals surface area (Å²) in [5.41, 5.74) is 4.25. The molecule has 0 heterocycles. The van der Waals surface area contributed by atoms with Gasteiger partial charge in [0.25, 0.3) is 0 Å². The van der Waals surface area contributed by atoms with E-state index in [4.69, 9.17) is 0 Å². The first-order valence-electron chi connectivity index (χ1n) is 6.69. The molecule has 0 radical (unpaired) electrons. The molecule has 0 saturated heterocycles. The Morgan fingerprint density at radius 2 is 1.68 bits per heavy atom. The molecule has 2 heteroatoms. The summed E-state index contributed by atoms with van der Waals surface area (Å²) < 4.78 is 13.4. The molecule has 1 atom stereocenters. The molecule has 0 aromatic heterocycles. The second-order valence-electron chi connectivity index (χ2n) is 5.03. The van der Waals surface area contributed by atoms with E-state index in [9.17, 15) is 4.39 Å². The van der Waals surface area contributed by atoms with Gasteiger partial charge in [0.05, 0.1) is 6.04 Å². The summed E-state index contributed by atoms with van der Waals surface area (Å²) in [7, 11) is 0. The van der Waals surface area contributed by atoms with Gasteiger partial charge in [0.2, 0.25) is 0 Å². The Morgan fingerprint density at radius 3 is 2.26 bits per heavy atom. The molecule has 0 spiro atoms. The smallest absolute Gasteiger partial charge is 0.125 e. The van der Waals surface area contributed by atoms with E-state index in [1.807, 2.05) is 13.0 Å². The molecule has 1 unspecified atom stereocenters. The van der Waals surface area contributed by atoms with E-state index in [1.54, 1.807) is 6.07 Å². The van der Waals surface area contributed by atoms with Gasteiger partial charge in [-0.3, -0.25) is 0 Å². The number of aryl methyl sites for hydroxylation is 2. The minimum Gasteiger partial charge on any atom is -0.378 e. The number of rotatable bonds is 4. The molecule has 0 fully saturated rings. The van der Waals surface area contributed by atoms with Gasteiger partial charge in [0, 0.05) is 5.69 Å². The molecule has 0 saturated carbocycles. The Hall–Kier alpha value is -1.83. The van der Waals surface area contributed by atoms with Crippen LogP contribution >= 0.6 is 0 Å². The lowest BCUT2D eigenvalue weighted by atomic mass is 10.0. The van der Waals surface area contributed by atoms with Crippen molar-refractivity contribution in [2.75, 3.05) is 5.32 Å². The van der Waals surface area contributed by atoms with Crippen LogP contribution in [0.5, 0.6) is 0 Å². The van der Waals surface area contributed by atoms with Crippen LogP contribution in [0.2, 0.25) is 0 Å². The molecule has 2 aromatic rings. The lowest BCUT2D eigenvalue weighted by Gasteiger charge is -2.19. The van der Waals surface area contributed by atoms with Gasteiger partial charge in [-0.25, -0.2) is 4.39 Å². The van der Waals surface area contributed by atoms with Crippen LogP contribution in [-0.2, 0) is 0 Å². The second kappa shape index (κ2) is 5.87. The molecule has 1 nitrogen and oxygen atoms in total. The third-order valence-corrected chi connectivity index (χ3v) is 3.27. The summed E-state index contributed by atoms with van der Waals surface area (Å²) in [5, 5.41) is 3.41. The Labute approximate surface area is 114 Å². The average molecular weight is 257 g/mol. The van der Waals surface area contributed by atoms with Crippen molar-refractivity contribution in [1.82, 2.24) is 0 Å². The van der Waals surface area contributed by atoms with E-state index in [2.05, 4.69) is 43.4 Å². The fraction of sp³-hybridized carbons (Fsp3) is 0.294. The molecule has 100 valence electrons. The number of anilines is 1. The van der Waals surface area contributed by atoms with Gasteiger partial charge < -0.3 is 5.32 Å². The maximum Gasteiger partial charge on any atom is 0.125 e. The maximum atomic E-state index is 13.4. The van der Waals surface area contributed by atoms with Crippen LogP contribution in [0.15, 0.2) is 42.5 Å². The first-order chi connectivity index (χ1) is 9.08. The molecule has 0 bridgehead atoms. The lowest BCUT2D eigenvalue weighted by molar-refractivity contribution is 0.626. The molecule has 2 rings (SSSR count). The van der Waals surface area contributed by atoms with E-state index in [0.717, 1.165) is 17.7 Å². The van der Waals surface area contributed by atoms with Gasteiger partial charge in [0.1, 0.15) is 5.82 Å². The fourth-order valence-corrected chi connectivity index (χ4v) is 2.24. The van der Waals surface area contributed by atoms with Crippen LogP contribution in [0.25, 0.3) is 0 Å². The summed E-state index contributed by atoms with van der Waals surface area (Å²) in [6.45, 7) is 6.11. The van der Waals surface area contributed by atoms with Crippen LogP contribution < -0.4 is 5.32 Å². The van der Waals surface area contributed by atoms with Gasteiger partial charge in [-0.15, -0.1) is 0 Å². The average Bonchev–Trinajstić information content (AvgIpc) is 2.36. The van der Waals surface area contributed by atoms with Crippen molar-refractivity contribution in [3.05, 3.63) is 65.0 Å². The predicted octanol–water partition coefficient (Wildman–Crippen LogP) is 5.01. The van der Waals surface area contributed by atoms with Crippen molar-refractivity contribution in [2.45, 2.75) is 33.2 Å². The highest BCUT2D eigenvalue weighted by atomic mass is 19.1. The van der Waals surface area contributed by atoms with Crippen LogP contribution in [0.3, 0.4) is 0 Å². The van der Waals surface area contributed by atoms with Crippen molar-refractivity contribution in [3.63, 3.8) is 0 Å². The molecule has 19 heavy (non-hydrogen) atoms. The highest BCUT2D eigenvalue weighted by molar-refractivity contribution is 5.48. The van der Waals surface area contributed by atoms with Crippen molar-refractivity contribution >= 4 is 5.69 Å². The summed E-state index contributed by atoms with van der Waals surface area (Å²) in [6.07, 6.45) is 0.957. The molecule has 0 amide bonds. The quantitative estimate of drug-likeness (QED) is 0.812. The van der Waals surface area contributed by atoms with Crippen molar-refractivity contribution in [3.8, 4) is 0 Å². The molecular formula is C17H20FN. The maximum absolute atomic E-state index is 13.4. The predicted molar refractivity (Wildman–Crippen MR) is 79.0 cm³/mol. The minimum atomic E-state index is -0.193. The third kappa shape index (κ3) is 3.57. The summed E-state index contributed by atoms with van der Waals surface area (Å²) >= 11 is 0. The Morgan fingerprint density at radius 1 is 1.00 bits per heavy atom. The van der Waals surface area contributed by atoms with Gasteiger partial charge >= 0.3 is 0 Å². The number of benzene rings is 2. The normalized spacial score (nSPS) is 12.2. The van der Waals surface area contributed by atoms with Crippen molar-refractivity contribution in [2.24, 2.45) is 0 Å². The highest BCUT2D eigenvalue weighted by Gasteiger charge is 2.09. The van der Waals surface area contributed by atoms with E-state index in [1.165, 1.54) is 17.2 Å². The monoisotopic (exact) mass is 257 g/mol. The topological polar surface area (TPSA) is 12.0 Å². The van der Waals surface area contributed by atoms with E-state index >= 15 is 0 Å². The number of halogens is 1. The zero-order valence-corrected chi connectivity index (χ0v) is 11.7. The van der Waals surface area contributed by atoms with Crippen LogP contribution in [0.4, 0.5) is 10.1 Å². The fourth-order valence-electron chi connectivity index (χ4n) is 2.24. The van der Waals surface area contributed by atoms with E-state index in [-0.39, 0.29) is 11.9 Å². The standard InChI is InChI=1S/C17H20FN/c1-4-17(14-7-5-12(2)6-8-14)19-16-10-13(3)9-15(18)11-16/h5-11,17,19H,4H2,1-3H3. The van der Waals surface area contributed by atoms with Crippen LogP contribution in [0, 0.1) is 19.7 Å². The summed E-state index contributed by atoms with van der Waals surface area (Å²) in [5.74, 6) is -0.193. The zero-order valence-electron chi connectivity index (χ0n) is 11.7. The minimum absolute atomic E-state index is 0.193. The SMILES string of the molecule is CCC(Nc1cc(C)cc(F)c1)c1ccc(C)cc1. The van der Waals surface area contributed by atoms with Gasteiger partial charge in [-0.05, 0) is 49.6 Å². The molecule has 1 N–H and O–H groups in total. The molecule has 0 aliphatic carbocycles. The largest absolute Gasteiger partial charge is 0.378 e. The molecule has 2 aromatic carbocycles. The van der Waals surface area contributed by atoms with Crippen LogP contribution in [-0.4, -0.2) is 0 Å². The first-order valence-corrected chi connectivity index (χ1v) is 6.69. The van der Waals surface area contributed by atoms with Crippen LogP contribution in [0.1, 0.15) is 36.1 Å². The molecular weight excluding hydrogens is 237 g/mol. The van der Waals surface area contributed by atoms with Gasteiger partial charge in [-0.1, -0.05) is 36.8 Å². The van der Waals surface area contributed by atoms with Gasteiger partial charge in [0.15, 0.2) is 0 Å². The van der Waals surface area contributed by atoms with Crippen molar-refractivity contribution < 1.29 is 4.39 Å². The van der Waals surface area contributed by atoms with Crippen molar-refractivity contribution in [1.29, 1.82) is 0 Å². The number of nitrogens with one attached hydrogen (secondary N) is 1. The zero-order chi connectivity index (χ0) is 13.8.